The van der Waals surface area contributed by atoms with Crippen molar-refractivity contribution in [3.63, 3.8) is 0 Å². The molecule has 46 heavy (non-hydrogen) atoms. The molecule has 0 aromatic heterocycles. The third-order valence-corrected chi connectivity index (χ3v) is 9.47. The summed E-state index contributed by atoms with van der Waals surface area (Å²) >= 11 is 0. The number of anilines is 1. The summed E-state index contributed by atoms with van der Waals surface area (Å²) in [6.45, 7) is 5.35. The maximum Gasteiger partial charge on any atom is 0.261 e. The minimum absolute atomic E-state index is 0.00720. The van der Waals surface area contributed by atoms with Crippen molar-refractivity contribution in [3.8, 4) is 17.2 Å². The number of fused-ring (bicyclic) bond motifs is 1. The van der Waals surface area contributed by atoms with E-state index in [4.69, 9.17) is 9.47 Å². The molecule has 3 atom stereocenters. The van der Waals surface area contributed by atoms with Gasteiger partial charge in [0.2, 0.25) is 5.91 Å². The van der Waals surface area contributed by atoms with Gasteiger partial charge in [0.15, 0.2) is 0 Å². The van der Waals surface area contributed by atoms with Crippen molar-refractivity contribution in [2.45, 2.75) is 43.9 Å². The lowest BCUT2D eigenvalue weighted by atomic mass is 10.0. The molecule has 4 aromatic rings. The van der Waals surface area contributed by atoms with Crippen molar-refractivity contribution in [2.24, 2.45) is 5.92 Å². The highest BCUT2D eigenvalue weighted by atomic mass is 32.2. The minimum atomic E-state index is -3.82. The number of para-hydroxylation sites is 1. The normalized spacial score (nSPS) is 17.7. The number of rotatable bonds is 11. The van der Waals surface area contributed by atoms with Crippen LogP contribution in [0.15, 0.2) is 108 Å². The fourth-order valence-corrected chi connectivity index (χ4v) is 6.57. The van der Waals surface area contributed by atoms with E-state index >= 15 is 0 Å². The Hall–Kier alpha value is -4.38. The summed E-state index contributed by atoms with van der Waals surface area (Å²) in [5, 5.41) is 9.96. The van der Waals surface area contributed by atoms with Gasteiger partial charge in [0.05, 0.1) is 24.0 Å². The number of hydrogen-bond donors (Lipinski definition) is 2. The van der Waals surface area contributed by atoms with Crippen molar-refractivity contribution in [2.75, 3.05) is 31.5 Å². The molecular weight excluding hydrogens is 602 g/mol. The minimum Gasteiger partial charge on any atom is -0.488 e. The quantitative estimate of drug-likeness (QED) is 0.220. The molecule has 1 aliphatic heterocycles. The molecule has 0 saturated heterocycles. The van der Waals surface area contributed by atoms with E-state index in [0.717, 1.165) is 17.1 Å². The summed E-state index contributed by atoms with van der Waals surface area (Å²) in [4.78, 5) is 17.6. The van der Waals surface area contributed by atoms with Gasteiger partial charge in [-0.2, -0.15) is 0 Å². The lowest BCUT2D eigenvalue weighted by Gasteiger charge is -2.34. The van der Waals surface area contributed by atoms with E-state index in [2.05, 4.69) is 9.62 Å². The van der Waals surface area contributed by atoms with Crippen molar-refractivity contribution >= 4 is 21.6 Å². The van der Waals surface area contributed by atoms with Crippen LogP contribution in [-0.2, 0) is 27.8 Å². The number of nitrogens with zero attached hydrogens (tertiary/aromatic N) is 2. The molecule has 2 N–H and O–H groups in total. The first kappa shape index (κ1) is 33.0. The van der Waals surface area contributed by atoms with E-state index in [1.165, 1.54) is 12.1 Å². The zero-order valence-electron chi connectivity index (χ0n) is 26.4. The fourth-order valence-electron chi connectivity index (χ4n) is 5.50. The Labute approximate surface area is 271 Å². The number of hydrogen-bond acceptors (Lipinski definition) is 7. The molecule has 0 saturated carbocycles. The first-order chi connectivity index (χ1) is 22.1. The highest BCUT2D eigenvalue weighted by Crippen LogP contribution is 2.30. The van der Waals surface area contributed by atoms with Crippen LogP contribution < -0.4 is 14.2 Å². The van der Waals surface area contributed by atoms with Gasteiger partial charge >= 0.3 is 0 Å². The Kier molecular flexibility index (Phi) is 10.6. The summed E-state index contributed by atoms with van der Waals surface area (Å²) in [6.07, 6.45) is -0.289. The van der Waals surface area contributed by atoms with Gasteiger partial charge in [-0.3, -0.25) is 14.4 Å². The number of aliphatic hydroxyl groups excluding tert-OH is 1. The van der Waals surface area contributed by atoms with Gasteiger partial charge in [0.25, 0.3) is 10.0 Å². The SMILES string of the molecule is C[C@@H]1CN([C@H](C)CO)C(=O)Cc2cc(NS(=O)(=O)c3ccccc3)ccc2O[C@@H]1CN(C)Cc1ccc(Oc2ccccc2)cc1. The number of benzene rings is 4. The second-order valence-corrected chi connectivity index (χ2v) is 13.6. The third kappa shape index (κ3) is 8.45. The molecule has 0 radical (unpaired) electrons. The van der Waals surface area contributed by atoms with Gasteiger partial charge < -0.3 is 19.5 Å². The maximum atomic E-state index is 13.6. The first-order valence-corrected chi connectivity index (χ1v) is 16.9. The Morgan fingerprint density at radius 2 is 1.63 bits per heavy atom. The largest absolute Gasteiger partial charge is 0.488 e. The van der Waals surface area contributed by atoms with Crippen LogP contribution in [0.3, 0.4) is 0 Å². The lowest BCUT2D eigenvalue weighted by Crippen LogP contribution is -2.47. The van der Waals surface area contributed by atoms with Crippen molar-refractivity contribution in [3.05, 3.63) is 114 Å². The van der Waals surface area contributed by atoms with E-state index < -0.39 is 10.0 Å². The van der Waals surface area contributed by atoms with E-state index in [9.17, 15) is 18.3 Å². The standard InChI is InChI=1S/C36H41N3O6S/c1-26-22-39(27(2)25-40)36(41)21-29-20-30(37-46(42,43)33-12-8-5-9-13-33)16-19-34(29)45-35(26)24-38(3)23-28-14-17-32(18-15-28)44-31-10-6-4-7-11-31/h4-20,26-27,35,37,40H,21-25H2,1-3H3/t26-,27-,35-/m1/s1. The topological polar surface area (TPSA) is 108 Å². The Morgan fingerprint density at radius 3 is 2.30 bits per heavy atom. The van der Waals surface area contributed by atoms with Crippen LogP contribution in [0.2, 0.25) is 0 Å². The molecule has 0 spiro atoms. The van der Waals surface area contributed by atoms with Crippen molar-refractivity contribution in [1.82, 2.24) is 9.80 Å². The lowest BCUT2D eigenvalue weighted by molar-refractivity contribution is -0.134. The number of ether oxygens (including phenoxy) is 2. The van der Waals surface area contributed by atoms with Gasteiger partial charge in [-0.25, -0.2) is 8.42 Å². The zero-order chi connectivity index (χ0) is 32.7. The molecule has 9 nitrogen and oxygen atoms in total. The van der Waals surface area contributed by atoms with Gasteiger partial charge in [-0.05, 0) is 74.1 Å². The molecular formula is C36H41N3O6S. The second-order valence-electron chi connectivity index (χ2n) is 11.9. The molecule has 5 rings (SSSR count). The van der Waals surface area contributed by atoms with E-state index in [1.807, 2.05) is 75.5 Å². The summed E-state index contributed by atoms with van der Waals surface area (Å²) in [5.41, 5.74) is 2.02. The molecule has 4 aromatic carbocycles. The van der Waals surface area contributed by atoms with Crippen molar-refractivity contribution < 1.29 is 27.8 Å². The Bertz CT molecular complexity index is 1700. The van der Waals surface area contributed by atoms with E-state index in [1.54, 1.807) is 41.3 Å². The van der Waals surface area contributed by atoms with Gasteiger partial charge in [-0.15, -0.1) is 0 Å². The van der Waals surface area contributed by atoms with Gasteiger partial charge in [0, 0.05) is 36.8 Å². The first-order valence-electron chi connectivity index (χ1n) is 15.4. The molecule has 0 unspecified atom stereocenters. The monoisotopic (exact) mass is 643 g/mol. The number of likely N-dealkylation sites (N-methyl/N-ethyl adjacent to an activating group) is 1. The van der Waals surface area contributed by atoms with Crippen LogP contribution in [0.1, 0.15) is 25.0 Å². The maximum absolute atomic E-state index is 13.6. The Morgan fingerprint density at radius 1 is 0.978 bits per heavy atom. The fraction of sp³-hybridized carbons (Fsp3) is 0.306. The van der Waals surface area contributed by atoms with Crippen LogP contribution in [0.5, 0.6) is 17.2 Å². The molecule has 0 bridgehead atoms. The number of carbonyl (C=O) groups excluding carboxylic acids is 1. The second kappa shape index (κ2) is 14.8. The zero-order valence-corrected chi connectivity index (χ0v) is 27.2. The van der Waals surface area contributed by atoms with Crippen LogP contribution in [0.25, 0.3) is 0 Å². The molecule has 0 aliphatic carbocycles. The summed E-state index contributed by atoms with van der Waals surface area (Å²) < 4.78 is 41.2. The van der Waals surface area contributed by atoms with Crippen LogP contribution in [0, 0.1) is 5.92 Å². The summed E-state index contributed by atoms with van der Waals surface area (Å²) in [6, 6.07) is 30.4. The third-order valence-electron chi connectivity index (χ3n) is 8.07. The Balaban J connectivity index is 1.34. The summed E-state index contributed by atoms with van der Waals surface area (Å²) in [7, 11) is -1.80. The van der Waals surface area contributed by atoms with Crippen molar-refractivity contribution in [1.29, 1.82) is 0 Å². The molecule has 242 valence electrons. The average Bonchev–Trinajstić information content (AvgIpc) is 3.09. The number of aliphatic hydroxyl groups is 1. The molecule has 10 heteroatoms. The average molecular weight is 644 g/mol. The number of amides is 1. The highest BCUT2D eigenvalue weighted by molar-refractivity contribution is 7.92. The molecule has 1 amide bonds. The van der Waals surface area contributed by atoms with E-state index in [-0.39, 0.29) is 41.9 Å². The predicted octanol–water partition coefficient (Wildman–Crippen LogP) is 5.56. The number of nitrogens with one attached hydrogen (secondary N) is 1. The van der Waals surface area contributed by atoms with Gasteiger partial charge in [-0.1, -0.05) is 55.5 Å². The van der Waals surface area contributed by atoms with Crippen LogP contribution in [0.4, 0.5) is 5.69 Å². The van der Waals surface area contributed by atoms with Crippen LogP contribution >= 0.6 is 0 Å². The molecule has 0 fully saturated rings. The summed E-state index contributed by atoms with van der Waals surface area (Å²) in [5.74, 6) is 1.85. The molecule has 1 heterocycles. The number of sulfonamides is 1. The predicted molar refractivity (Wildman–Crippen MR) is 179 cm³/mol. The van der Waals surface area contributed by atoms with Gasteiger partial charge in [0.1, 0.15) is 23.4 Å². The van der Waals surface area contributed by atoms with E-state index in [0.29, 0.717) is 36.6 Å². The highest BCUT2D eigenvalue weighted by Gasteiger charge is 2.31. The molecule has 1 aliphatic rings. The smallest absolute Gasteiger partial charge is 0.261 e. The van der Waals surface area contributed by atoms with Crippen LogP contribution in [-0.4, -0.2) is 68.1 Å². The number of carbonyl (C=O) groups is 1.